The Morgan fingerprint density at radius 1 is 1.26 bits per heavy atom. The lowest BCUT2D eigenvalue weighted by Gasteiger charge is -2.20. The number of rotatable bonds is 3. The van der Waals surface area contributed by atoms with Gasteiger partial charge in [-0.3, -0.25) is 9.69 Å². The van der Waals surface area contributed by atoms with Crippen LogP contribution in [-0.2, 0) is 10.2 Å². The molecule has 0 radical (unpaired) electrons. The lowest BCUT2D eigenvalue weighted by molar-refractivity contribution is -0.117. The van der Waals surface area contributed by atoms with Crippen LogP contribution in [0.5, 0.6) is 0 Å². The van der Waals surface area contributed by atoms with E-state index in [2.05, 4.69) is 43.1 Å². The first-order chi connectivity index (χ1) is 8.95. The number of benzene rings is 1. The average molecular weight is 260 g/mol. The molecular formula is C16H24N2O. The van der Waals surface area contributed by atoms with Gasteiger partial charge < -0.3 is 5.32 Å². The fourth-order valence-corrected chi connectivity index (χ4v) is 2.41. The Balaban J connectivity index is 1.96. The zero-order valence-corrected chi connectivity index (χ0v) is 12.2. The normalized spacial score (nSPS) is 16.6. The van der Waals surface area contributed by atoms with Gasteiger partial charge in [-0.05, 0) is 49.0 Å². The van der Waals surface area contributed by atoms with Crippen molar-refractivity contribution >= 4 is 11.6 Å². The first kappa shape index (κ1) is 14.1. The average Bonchev–Trinajstić information content (AvgIpc) is 2.80. The Bertz CT molecular complexity index is 442. The van der Waals surface area contributed by atoms with Crippen LogP contribution in [0.25, 0.3) is 0 Å². The topological polar surface area (TPSA) is 32.3 Å². The number of carbonyl (C=O) groups excluding carboxylic acids is 1. The lowest BCUT2D eigenvalue weighted by atomic mass is 9.87. The number of nitrogens with zero attached hydrogens (tertiary/aromatic N) is 1. The molecule has 0 unspecified atom stereocenters. The number of hydrogen-bond donors (Lipinski definition) is 1. The molecule has 2 rings (SSSR count). The summed E-state index contributed by atoms with van der Waals surface area (Å²) in [5.41, 5.74) is 2.25. The number of amides is 1. The van der Waals surface area contributed by atoms with Gasteiger partial charge in [0.05, 0.1) is 6.54 Å². The van der Waals surface area contributed by atoms with Gasteiger partial charge in [-0.2, -0.15) is 0 Å². The smallest absolute Gasteiger partial charge is 0.238 e. The Morgan fingerprint density at radius 2 is 1.95 bits per heavy atom. The maximum absolute atomic E-state index is 12.0. The minimum absolute atomic E-state index is 0.0907. The molecule has 0 aromatic heterocycles. The highest BCUT2D eigenvalue weighted by Crippen LogP contribution is 2.24. The molecule has 1 N–H and O–H groups in total. The molecule has 1 fully saturated rings. The van der Waals surface area contributed by atoms with E-state index in [0.29, 0.717) is 6.54 Å². The van der Waals surface area contributed by atoms with Gasteiger partial charge in [0.1, 0.15) is 0 Å². The second-order valence-corrected chi connectivity index (χ2v) is 6.36. The van der Waals surface area contributed by atoms with Crippen molar-refractivity contribution in [2.75, 3.05) is 25.0 Å². The van der Waals surface area contributed by atoms with E-state index < -0.39 is 0 Å². The minimum Gasteiger partial charge on any atom is -0.325 e. The molecule has 1 aromatic carbocycles. The predicted octanol–water partition coefficient (Wildman–Crippen LogP) is 3.02. The van der Waals surface area contributed by atoms with Crippen molar-refractivity contribution in [2.45, 2.75) is 39.0 Å². The van der Waals surface area contributed by atoms with Crippen LogP contribution in [-0.4, -0.2) is 30.4 Å². The van der Waals surface area contributed by atoms with Crippen LogP contribution < -0.4 is 5.32 Å². The van der Waals surface area contributed by atoms with Gasteiger partial charge in [0.2, 0.25) is 5.91 Å². The fourth-order valence-electron chi connectivity index (χ4n) is 2.41. The fraction of sp³-hybridized carbons (Fsp3) is 0.562. The number of nitrogens with one attached hydrogen (secondary N) is 1. The molecule has 19 heavy (non-hydrogen) atoms. The van der Waals surface area contributed by atoms with E-state index in [1.807, 2.05) is 12.1 Å². The quantitative estimate of drug-likeness (QED) is 0.906. The van der Waals surface area contributed by atoms with Gasteiger partial charge in [0, 0.05) is 5.69 Å². The summed E-state index contributed by atoms with van der Waals surface area (Å²) in [4.78, 5) is 14.2. The molecule has 1 aliphatic heterocycles. The maximum atomic E-state index is 12.0. The molecule has 1 aromatic rings. The first-order valence-corrected chi connectivity index (χ1v) is 7.08. The molecular weight excluding hydrogens is 236 g/mol. The van der Waals surface area contributed by atoms with Crippen LogP contribution in [0.3, 0.4) is 0 Å². The number of anilines is 1. The van der Waals surface area contributed by atoms with Crippen molar-refractivity contribution < 1.29 is 4.79 Å². The maximum Gasteiger partial charge on any atom is 0.238 e. The molecule has 1 amide bonds. The standard InChI is InChI=1S/C16H24N2O/c1-16(2,3)13-7-6-8-14(11-13)17-15(19)12-18-9-4-5-10-18/h6-8,11H,4-5,9-10,12H2,1-3H3,(H,17,19). The Morgan fingerprint density at radius 3 is 2.58 bits per heavy atom. The Hall–Kier alpha value is -1.35. The SMILES string of the molecule is CC(C)(C)c1cccc(NC(=O)CN2CCCC2)c1. The van der Waals surface area contributed by atoms with Crippen LogP contribution in [0.1, 0.15) is 39.2 Å². The molecule has 0 atom stereocenters. The zero-order chi connectivity index (χ0) is 13.9. The van der Waals surface area contributed by atoms with Crippen molar-refractivity contribution in [3.63, 3.8) is 0 Å². The van der Waals surface area contributed by atoms with E-state index in [-0.39, 0.29) is 11.3 Å². The second-order valence-electron chi connectivity index (χ2n) is 6.36. The lowest BCUT2D eigenvalue weighted by Crippen LogP contribution is -2.30. The number of carbonyl (C=O) groups is 1. The molecule has 0 bridgehead atoms. The number of hydrogen-bond acceptors (Lipinski definition) is 2. The monoisotopic (exact) mass is 260 g/mol. The van der Waals surface area contributed by atoms with Crippen LogP contribution in [0.2, 0.25) is 0 Å². The van der Waals surface area contributed by atoms with Crippen LogP contribution >= 0.6 is 0 Å². The summed E-state index contributed by atoms with van der Waals surface area (Å²) in [5.74, 6) is 0.0907. The Kier molecular flexibility index (Phi) is 4.25. The zero-order valence-electron chi connectivity index (χ0n) is 12.2. The van der Waals surface area contributed by atoms with Gasteiger partial charge in [0.25, 0.3) is 0 Å². The van der Waals surface area contributed by atoms with E-state index >= 15 is 0 Å². The molecule has 1 saturated heterocycles. The van der Waals surface area contributed by atoms with Gasteiger partial charge in [-0.1, -0.05) is 32.9 Å². The van der Waals surface area contributed by atoms with Gasteiger partial charge in [0.15, 0.2) is 0 Å². The highest BCUT2D eigenvalue weighted by molar-refractivity contribution is 5.92. The van der Waals surface area contributed by atoms with Crippen LogP contribution in [0.4, 0.5) is 5.69 Å². The molecule has 3 heteroatoms. The van der Waals surface area contributed by atoms with Crippen molar-refractivity contribution in [2.24, 2.45) is 0 Å². The molecule has 1 heterocycles. The van der Waals surface area contributed by atoms with Gasteiger partial charge in [-0.25, -0.2) is 0 Å². The largest absolute Gasteiger partial charge is 0.325 e. The third-order valence-corrected chi connectivity index (χ3v) is 3.58. The third kappa shape index (κ3) is 4.06. The summed E-state index contributed by atoms with van der Waals surface area (Å²) >= 11 is 0. The third-order valence-electron chi connectivity index (χ3n) is 3.58. The van der Waals surface area contributed by atoms with Crippen molar-refractivity contribution in [3.8, 4) is 0 Å². The highest BCUT2D eigenvalue weighted by Gasteiger charge is 2.16. The summed E-state index contributed by atoms with van der Waals surface area (Å²) in [7, 11) is 0. The highest BCUT2D eigenvalue weighted by atomic mass is 16.2. The van der Waals surface area contributed by atoms with Crippen molar-refractivity contribution in [1.82, 2.24) is 4.90 Å². The summed E-state index contributed by atoms with van der Waals surface area (Å²) in [5, 5.41) is 3.00. The predicted molar refractivity (Wildman–Crippen MR) is 79.4 cm³/mol. The van der Waals surface area contributed by atoms with E-state index in [4.69, 9.17) is 0 Å². The second kappa shape index (κ2) is 5.74. The van der Waals surface area contributed by atoms with E-state index in [1.165, 1.54) is 18.4 Å². The van der Waals surface area contributed by atoms with Crippen molar-refractivity contribution in [3.05, 3.63) is 29.8 Å². The Labute approximate surface area is 116 Å². The van der Waals surface area contributed by atoms with E-state index in [9.17, 15) is 4.79 Å². The molecule has 0 saturated carbocycles. The molecule has 1 aliphatic rings. The summed E-state index contributed by atoms with van der Waals surface area (Å²) < 4.78 is 0. The summed E-state index contributed by atoms with van der Waals surface area (Å²) in [6, 6.07) is 8.14. The van der Waals surface area contributed by atoms with Crippen molar-refractivity contribution in [1.29, 1.82) is 0 Å². The molecule has 0 spiro atoms. The molecule has 3 nitrogen and oxygen atoms in total. The van der Waals surface area contributed by atoms with Gasteiger partial charge in [-0.15, -0.1) is 0 Å². The number of likely N-dealkylation sites (tertiary alicyclic amines) is 1. The first-order valence-electron chi connectivity index (χ1n) is 7.08. The van der Waals surface area contributed by atoms with Crippen LogP contribution in [0, 0.1) is 0 Å². The summed E-state index contributed by atoms with van der Waals surface area (Å²) in [6.45, 7) is 9.15. The molecule has 0 aliphatic carbocycles. The molecule has 104 valence electrons. The van der Waals surface area contributed by atoms with Crippen LogP contribution in [0.15, 0.2) is 24.3 Å². The van der Waals surface area contributed by atoms with Gasteiger partial charge >= 0.3 is 0 Å². The van der Waals surface area contributed by atoms with E-state index in [0.717, 1.165) is 18.8 Å². The van der Waals surface area contributed by atoms with E-state index in [1.54, 1.807) is 0 Å². The minimum atomic E-state index is 0.0907. The summed E-state index contributed by atoms with van der Waals surface area (Å²) in [6.07, 6.45) is 2.43.